The van der Waals surface area contributed by atoms with Crippen LogP contribution in [0, 0.1) is 0 Å². The van der Waals surface area contributed by atoms with Crippen LogP contribution in [0.1, 0.15) is 53.5 Å². The Hall–Kier alpha value is -5.29. The number of rotatable bonds is 15. The van der Waals surface area contributed by atoms with E-state index in [9.17, 15) is 14.4 Å². The zero-order chi connectivity index (χ0) is 37.3. The van der Waals surface area contributed by atoms with E-state index >= 15 is 0 Å². The predicted octanol–water partition coefficient (Wildman–Crippen LogP) is 2.43. The van der Waals surface area contributed by atoms with Gasteiger partial charge in [-0.2, -0.15) is 0 Å². The number of Topliss-reactive ketones (excluding diaryl/α,β-unsaturated/α-hetero) is 1. The summed E-state index contributed by atoms with van der Waals surface area (Å²) < 4.78 is 11.3. The maximum Gasteiger partial charge on any atom is 0.271 e. The summed E-state index contributed by atoms with van der Waals surface area (Å²) in [6, 6.07) is 13.7. The largest absolute Gasteiger partial charge is 0.495 e. The summed E-state index contributed by atoms with van der Waals surface area (Å²) in [6.07, 6.45) is 3.95. The predicted molar refractivity (Wildman–Crippen MR) is 200 cm³/mol. The number of benzene rings is 2. The molecule has 2 fully saturated rings. The molecule has 4 aliphatic heterocycles. The van der Waals surface area contributed by atoms with Crippen molar-refractivity contribution in [3.8, 4) is 5.75 Å². The van der Waals surface area contributed by atoms with Crippen LogP contribution in [-0.4, -0.2) is 108 Å². The number of amides is 2. The molecule has 282 valence electrons. The van der Waals surface area contributed by atoms with Crippen LogP contribution in [0.4, 0.5) is 23.0 Å². The van der Waals surface area contributed by atoms with Crippen molar-refractivity contribution in [2.75, 3.05) is 75.1 Å². The Morgan fingerprint density at radius 2 is 1.79 bits per heavy atom. The van der Waals surface area contributed by atoms with Gasteiger partial charge in [0.25, 0.3) is 11.8 Å². The number of carbonyl (C=O) groups is 3. The minimum Gasteiger partial charge on any atom is -0.495 e. The minimum atomic E-state index is -0.670. The summed E-state index contributed by atoms with van der Waals surface area (Å²) in [5.74, 6) is 0.357. The van der Waals surface area contributed by atoms with Crippen molar-refractivity contribution in [1.82, 2.24) is 30.8 Å². The van der Waals surface area contributed by atoms with E-state index in [1.807, 2.05) is 54.4 Å². The molecule has 0 saturated carbocycles. The fourth-order valence-corrected chi connectivity index (χ4v) is 6.75. The monoisotopic (exact) mass is 728 g/mol. The fraction of sp³-hybridized carbons (Fsp3) is 0.432. The third-order valence-corrected chi connectivity index (χ3v) is 9.62. The summed E-state index contributed by atoms with van der Waals surface area (Å²) in [5, 5.41) is 17.6. The molecule has 2 bridgehead atoms. The summed E-state index contributed by atoms with van der Waals surface area (Å²) in [5.41, 5.74) is 15.5. The van der Waals surface area contributed by atoms with Gasteiger partial charge in [-0.05, 0) is 42.5 Å². The zero-order valence-electron chi connectivity index (χ0n) is 30.2. The van der Waals surface area contributed by atoms with E-state index in [2.05, 4.69) is 30.8 Å². The lowest BCUT2D eigenvalue weighted by Crippen LogP contribution is -2.48. The van der Waals surface area contributed by atoms with Crippen LogP contribution in [0.5, 0.6) is 5.75 Å². The average Bonchev–Trinajstić information content (AvgIpc) is 3.43. The second-order valence-corrected chi connectivity index (χ2v) is 13.2. The number of hydrogen-bond donors (Lipinski definition) is 6. The number of hydrogen-bond acceptors (Lipinski definition) is 14. The molecule has 53 heavy (non-hydrogen) atoms. The fourth-order valence-electron chi connectivity index (χ4n) is 6.75. The quantitative estimate of drug-likeness (QED) is 0.0758. The van der Waals surface area contributed by atoms with E-state index < -0.39 is 11.8 Å². The Morgan fingerprint density at radius 3 is 2.47 bits per heavy atom. The molecule has 4 aliphatic rings. The third-order valence-electron chi connectivity index (χ3n) is 9.62. The molecule has 5 heterocycles. The van der Waals surface area contributed by atoms with E-state index in [-0.39, 0.29) is 23.3 Å². The number of ketones is 1. The molecule has 0 spiro atoms. The second-order valence-electron chi connectivity index (χ2n) is 13.2. The number of methoxy groups -OCH3 is 1. The van der Waals surface area contributed by atoms with Crippen molar-refractivity contribution in [2.45, 2.75) is 45.2 Å². The van der Waals surface area contributed by atoms with Gasteiger partial charge >= 0.3 is 0 Å². The molecule has 16 nitrogen and oxygen atoms in total. The van der Waals surface area contributed by atoms with Crippen molar-refractivity contribution in [1.29, 1.82) is 0 Å². The van der Waals surface area contributed by atoms with Crippen molar-refractivity contribution in [2.24, 2.45) is 5.73 Å². The molecule has 7 N–H and O–H groups in total. The highest BCUT2D eigenvalue weighted by molar-refractivity contribution is 5.97. The van der Waals surface area contributed by atoms with Crippen LogP contribution in [0.3, 0.4) is 0 Å². The number of fused-ring (bicyclic) bond motifs is 4. The van der Waals surface area contributed by atoms with Gasteiger partial charge in [-0.1, -0.05) is 31.2 Å². The van der Waals surface area contributed by atoms with Gasteiger partial charge in [-0.25, -0.2) is 20.9 Å². The first-order chi connectivity index (χ1) is 25.7. The van der Waals surface area contributed by atoms with E-state index in [0.29, 0.717) is 101 Å². The van der Waals surface area contributed by atoms with Crippen LogP contribution in [-0.2, 0) is 27.3 Å². The molecule has 2 aromatic carbocycles. The number of hydroxylamine groups is 1. The van der Waals surface area contributed by atoms with E-state index in [0.717, 1.165) is 29.7 Å². The van der Waals surface area contributed by atoms with Gasteiger partial charge in [0.1, 0.15) is 11.5 Å². The highest BCUT2D eigenvalue weighted by Crippen LogP contribution is 2.34. The van der Waals surface area contributed by atoms with Gasteiger partial charge in [-0.3, -0.25) is 24.5 Å². The lowest BCUT2D eigenvalue weighted by atomic mass is 10.1. The van der Waals surface area contributed by atoms with Gasteiger partial charge in [0.15, 0.2) is 17.3 Å². The Labute approximate surface area is 308 Å². The minimum absolute atomic E-state index is 0.0685. The van der Waals surface area contributed by atoms with Gasteiger partial charge in [0.05, 0.1) is 37.3 Å². The van der Waals surface area contributed by atoms with Crippen LogP contribution < -0.4 is 36.9 Å². The zero-order valence-corrected chi connectivity index (χ0v) is 30.2. The molecule has 2 saturated heterocycles. The number of hydrazine groups is 1. The van der Waals surface area contributed by atoms with Crippen molar-refractivity contribution in [3.05, 3.63) is 71.1 Å². The number of aryl methyl sites for hydroxylation is 1. The maximum atomic E-state index is 13.0. The number of carbonyl (C=O) groups excluding carboxylic acids is 3. The van der Waals surface area contributed by atoms with Gasteiger partial charge < -0.3 is 35.7 Å². The topological polar surface area (TPSA) is 200 Å². The number of nitrogens with zero attached hydrogens (tertiary/aromatic N) is 5. The molecule has 0 aliphatic carbocycles. The third kappa shape index (κ3) is 9.39. The molecule has 1 aromatic heterocycles. The number of nitrogens with two attached hydrogens (primary N) is 1. The summed E-state index contributed by atoms with van der Waals surface area (Å²) in [6.45, 7) is 7.40. The van der Waals surface area contributed by atoms with Crippen molar-refractivity contribution in [3.63, 3.8) is 0 Å². The molecule has 2 amide bonds. The second kappa shape index (κ2) is 17.5. The van der Waals surface area contributed by atoms with Crippen LogP contribution in [0.25, 0.3) is 5.70 Å². The molecule has 7 rings (SSSR count). The molecular weight excluding hydrogens is 680 g/mol. The number of anilines is 4. The Kier molecular flexibility index (Phi) is 12.4. The number of ether oxygens (including phenoxy) is 2. The summed E-state index contributed by atoms with van der Waals surface area (Å²) >= 11 is 0. The Morgan fingerprint density at radius 1 is 1.04 bits per heavy atom. The van der Waals surface area contributed by atoms with E-state index in [1.54, 1.807) is 12.6 Å². The highest BCUT2D eigenvalue weighted by atomic mass is 16.5. The first kappa shape index (κ1) is 37.5. The van der Waals surface area contributed by atoms with Gasteiger partial charge in [0.2, 0.25) is 0 Å². The normalized spacial score (nSPS) is 17.1. The lowest BCUT2D eigenvalue weighted by Gasteiger charge is -2.36. The van der Waals surface area contributed by atoms with E-state index in [4.69, 9.17) is 25.4 Å². The summed E-state index contributed by atoms with van der Waals surface area (Å²) in [7, 11) is 1.62. The van der Waals surface area contributed by atoms with Crippen LogP contribution in [0.2, 0.25) is 0 Å². The van der Waals surface area contributed by atoms with Crippen molar-refractivity contribution < 1.29 is 29.1 Å². The number of primary amides is 1. The lowest BCUT2D eigenvalue weighted by molar-refractivity contribution is -0.124. The first-order valence-corrected chi connectivity index (χ1v) is 18.0. The Balaban J connectivity index is 1.03. The molecule has 0 unspecified atom stereocenters. The highest BCUT2D eigenvalue weighted by Gasteiger charge is 2.24. The van der Waals surface area contributed by atoms with Crippen LogP contribution >= 0.6 is 0 Å². The molecule has 0 atom stereocenters. The molecule has 0 radical (unpaired) electrons. The molecule has 3 aromatic rings. The average molecular weight is 729 g/mol. The van der Waals surface area contributed by atoms with Crippen LogP contribution in [0.15, 0.2) is 48.5 Å². The number of nitrogens with one attached hydrogen (secondary N) is 4. The molecular formula is C37H48N10O6. The van der Waals surface area contributed by atoms with Crippen molar-refractivity contribution >= 4 is 46.3 Å². The SMILES string of the molecule is CCc1nc(C(N)=O)c(Nc2ccc(N3CCN(CC(=O)CCNN4Cc5ccc(cc5)/C4=C\C(=O)NO)CC3)c(OC)c2)nc1NC1CCOCC1. The number of piperazine rings is 1. The number of aromatic nitrogens is 2. The molecule has 16 heteroatoms. The Bertz CT molecular complexity index is 1810. The van der Waals surface area contributed by atoms with Gasteiger partial charge in [-0.15, -0.1) is 0 Å². The van der Waals surface area contributed by atoms with Gasteiger partial charge in [0, 0.05) is 76.2 Å². The standard InChI is InChI=1S/C37H48N10O6/c1-3-29-36(40-26-11-18-53-19-12-26)43-37(34(42-29)35(38)50)41-27-8-9-30(32(20-27)52-2)46-16-14-45(15-17-46)23-28(48)10-13-39-47-22-24-4-6-25(7-5-24)31(47)21-33(49)44-51/h4-9,20-21,26,39,51H,3,10-19,22-23H2,1-2H3,(H2,38,50)(H,44,49)(H2,40,41,43)/b31-21+. The first-order valence-electron chi connectivity index (χ1n) is 18.0. The maximum absolute atomic E-state index is 13.0. The smallest absolute Gasteiger partial charge is 0.271 e. The van der Waals surface area contributed by atoms with E-state index in [1.165, 1.54) is 6.08 Å². The summed E-state index contributed by atoms with van der Waals surface area (Å²) in [4.78, 5) is 51.1.